The number of nitrogens with one attached hydrogen (secondary N) is 2. The van der Waals surface area contributed by atoms with Gasteiger partial charge in [0, 0.05) is 49.4 Å². The van der Waals surface area contributed by atoms with E-state index in [0.717, 1.165) is 32.2 Å². The molecule has 190 valence electrons. The maximum absolute atomic E-state index is 14.9. The van der Waals surface area contributed by atoms with E-state index in [1.54, 1.807) is 13.0 Å². The van der Waals surface area contributed by atoms with E-state index >= 15 is 0 Å². The summed E-state index contributed by atoms with van der Waals surface area (Å²) in [6, 6.07) is 4.58. The Kier molecular flexibility index (Phi) is 9.61. The third kappa shape index (κ3) is 6.93. The number of aliphatic imine (C=N–C) groups is 3. The second-order valence-electron chi connectivity index (χ2n) is 7.93. The molecule has 0 saturated carbocycles. The van der Waals surface area contributed by atoms with Gasteiger partial charge in [-0.3, -0.25) is 4.99 Å². The minimum Gasteiger partial charge on any atom is -0.468 e. The molecule has 2 aromatic rings. The van der Waals surface area contributed by atoms with E-state index in [4.69, 9.17) is 10.00 Å². The van der Waals surface area contributed by atoms with Gasteiger partial charge in [-0.2, -0.15) is 5.26 Å². The molecule has 0 spiro atoms. The molecule has 1 saturated heterocycles. The van der Waals surface area contributed by atoms with Crippen LogP contribution in [0.3, 0.4) is 0 Å². The Bertz CT molecular complexity index is 1240. The molecular weight excluding hydrogens is 486 g/mol. The van der Waals surface area contributed by atoms with Crippen molar-refractivity contribution in [2.24, 2.45) is 15.0 Å². The molecular formula is C24H28F2N8OS. The van der Waals surface area contributed by atoms with Crippen molar-refractivity contribution in [3.63, 3.8) is 0 Å². The van der Waals surface area contributed by atoms with Gasteiger partial charge in [-0.05, 0) is 33.5 Å². The minimum absolute atomic E-state index is 0.103. The van der Waals surface area contributed by atoms with E-state index in [1.165, 1.54) is 24.0 Å². The third-order valence-electron chi connectivity index (χ3n) is 5.41. The second kappa shape index (κ2) is 12.9. The Balaban J connectivity index is 1.78. The van der Waals surface area contributed by atoms with Crippen molar-refractivity contribution in [3.05, 3.63) is 52.5 Å². The molecule has 0 bridgehead atoms. The van der Waals surface area contributed by atoms with Crippen molar-refractivity contribution < 1.29 is 13.5 Å². The molecule has 0 unspecified atom stereocenters. The van der Waals surface area contributed by atoms with Gasteiger partial charge in [-0.15, -0.1) is 0 Å². The Morgan fingerprint density at radius 3 is 2.72 bits per heavy atom. The predicted octanol–water partition coefficient (Wildman–Crippen LogP) is 3.62. The number of aromatic nitrogens is 1. The molecule has 12 heteroatoms. The fourth-order valence-corrected chi connectivity index (χ4v) is 4.11. The Hall–Kier alpha value is -3.69. The number of allylic oxidation sites excluding steroid dienone is 1. The quantitative estimate of drug-likeness (QED) is 0.217. The van der Waals surface area contributed by atoms with Crippen LogP contribution in [0.15, 0.2) is 50.1 Å². The van der Waals surface area contributed by atoms with Crippen LogP contribution in [0, 0.1) is 29.9 Å². The molecule has 0 radical (unpaired) electrons. The lowest BCUT2D eigenvalue weighted by Crippen LogP contribution is -2.47. The van der Waals surface area contributed by atoms with Crippen LogP contribution in [-0.2, 0) is 0 Å². The van der Waals surface area contributed by atoms with Gasteiger partial charge in [-0.25, -0.2) is 18.8 Å². The van der Waals surface area contributed by atoms with Crippen molar-refractivity contribution in [1.29, 1.82) is 5.26 Å². The second-order valence-corrected chi connectivity index (χ2v) is 8.95. The van der Waals surface area contributed by atoms with Crippen LogP contribution in [-0.4, -0.2) is 79.9 Å². The van der Waals surface area contributed by atoms with Crippen molar-refractivity contribution in [1.82, 2.24) is 20.1 Å². The highest BCUT2D eigenvalue weighted by Gasteiger charge is 2.18. The molecule has 1 fully saturated rings. The lowest BCUT2D eigenvalue weighted by atomic mass is 10.2. The number of piperazine rings is 1. The number of likely N-dealkylation sites (N-methyl/N-ethyl adjacent to an activating group) is 1. The summed E-state index contributed by atoms with van der Waals surface area (Å²) in [6.45, 7) is 11.6. The Morgan fingerprint density at radius 1 is 1.31 bits per heavy atom. The molecule has 0 atom stereocenters. The number of ether oxygens (including phenoxy) is 1. The average molecular weight is 515 g/mol. The number of H-pyrrole nitrogens is 1. The number of fused-ring (bicyclic) bond motifs is 1. The smallest absolute Gasteiger partial charge is 0.181 e. The normalized spacial score (nSPS) is 15.6. The number of thioether (sulfide) groups is 1. The first-order valence-electron chi connectivity index (χ1n) is 11.1. The zero-order valence-electron chi connectivity index (χ0n) is 20.2. The Labute approximate surface area is 212 Å². The number of benzene rings is 1. The number of aromatic amines is 1. The summed E-state index contributed by atoms with van der Waals surface area (Å²) in [5.74, 6) is -0.128. The number of amidine groups is 1. The van der Waals surface area contributed by atoms with E-state index in [0.29, 0.717) is 28.1 Å². The van der Waals surface area contributed by atoms with Gasteiger partial charge in [0.1, 0.15) is 22.6 Å². The topological polar surface area (TPSA) is 104 Å². The largest absolute Gasteiger partial charge is 0.468 e. The summed E-state index contributed by atoms with van der Waals surface area (Å²) in [5, 5.41) is 12.3. The summed E-state index contributed by atoms with van der Waals surface area (Å²) in [4.78, 5) is 19.6. The van der Waals surface area contributed by atoms with Gasteiger partial charge in [0.25, 0.3) is 0 Å². The molecule has 2 N–H and O–H groups in total. The fourth-order valence-electron chi connectivity index (χ4n) is 3.52. The van der Waals surface area contributed by atoms with Crippen LogP contribution in [0.4, 0.5) is 8.78 Å². The van der Waals surface area contributed by atoms with Gasteiger partial charge >= 0.3 is 0 Å². The van der Waals surface area contributed by atoms with Crippen LogP contribution >= 0.6 is 11.8 Å². The van der Waals surface area contributed by atoms with E-state index in [2.05, 4.69) is 48.5 Å². The summed E-state index contributed by atoms with van der Waals surface area (Å²) in [6.07, 6.45) is 3.08. The SMILES string of the molecule is C=N/C=C(/C#N)SCN/C(=C/C(=N\COc1cc(F)c2[nH]c(C)cc2c1F)N1CCN(C)CC1)N=C. The molecule has 2 heterocycles. The van der Waals surface area contributed by atoms with Crippen LogP contribution in [0.1, 0.15) is 5.69 Å². The molecule has 9 nitrogen and oxygen atoms in total. The molecule has 1 aliphatic rings. The Morgan fingerprint density at radius 2 is 2.06 bits per heavy atom. The highest BCUT2D eigenvalue weighted by atomic mass is 32.2. The summed E-state index contributed by atoms with van der Waals surface area (Å²) in [5.41, 5.74) is 0.750. The van der Waals surface area contributed by atoms with Crippen LogP contribution in [0.2, 0.25) is 0 Å². The van der Waals surface area contributed by atoms with Crippen molar-refractivity contribution >= 4 is 41.9 Å². The third-order valence-corrected chi connectivity index (χ3v) is 6.21. The van der Waals surface area contributed by atoms with Crippen molar-refractivity contribution in [2.75, 3.05) is 45.8 Å². The minimum atomic E-state index is -0.648. The zero-order valence-corrected chi connectivity index (χ0v) is 21.0. The number of aryl methyl sites for hydroxylation is 1. The molecule has 3 rings (SSSR count). The number of nitrogens with zero attached hydrogens (tertiary/aromatic N) is 6. The average Bonchev–Trinajstić information content (AvgIpc) is 3.27. The number of rotatable bonds is 10. The first-order valence-corrected chi connectivity index (χ1v) is 12.0. The first-order chi connectivity index (χ1) is 17.4. The van der Waals surface area contributed by atoms with Crippen LogP contribution in [0.25, 0.3) is 10.9 Å². The molecule has 1 aromatic heterocycles. The molecule has 1 aromatic carbocycles. The standard InChI is InChI=1S/C24H28F2N8OS/c1-16-9-18-23(26)20(10-19(25)24(18)32-16)35-14-30-22(34-7-5-33(4)6-8-34)11-21(29-3)31-15-36-17(12-27)13-28-2/h9-11,13,31-32H,2-3,5-8,14-15H2,1,4H3/b17-13-,21-11+,30-22+. The van der Waals surface area contributed by atoms with Crippen LogP contribution < -0.4 is 10.1 Å². The van der Waals surface area contributed by atoms with E-state index in [9.17, 15) is 8.78 Å². The summed E-state index contributed by atoms with van der Waals surface area (Å²) >= 11 is 1.24. The van der Waals surface area contributed by atoms with Crippen LogP contribution in [0.5, 0.6) is 5.75 Å². The zero-order chi connectivity index (χ0) is 26.1. The summed E-state index contributed by atoms with van der Waals surface area (Å²) < 4.78 is 34.8. The first kappa shape index (κ1) is 26.9. The molecule has 1 aliphatic heterocycles. The van der Waals surface area contributed by atoms with E-state index in [-0.39, 0.29) is 23.4 Å². The maximum Gasteiger partial charge on any atom is 0.181 e. The molecule has 0 aliphatic carbocycles. The summed E-state index contributed by atoms with van der Waals surface area (Å²) in [7, 11) is 2.04. The number of halogens is 2. The highest BCUT2D eigenvalue weighted by Crippen LogP contribution is 2.29. The number of hydrogen-bond donors (Lipinski definition) is 2. The van der Waals surface area contributed by atoms with E-state index < -0.39 is 11.6 Å². The lowest BCUT2D eigenvalue weighted by Gasteiger charge is -2.33. The van der Waals surface area contributed by atoms with Gasteiger partial charge in [0.2, 0.25) is 0 Å². The fraction of sp³-hybridized carbons (Fsp3) is 0.333. The molecule has 36 heavy (non-hydrogen) atoms. The predicted molar refractivity (Wildman–Crippen MR) is 141 cm³/mol. The molecule has 0 amide bonds. The van der Waals surface area contributed by atoms with Crippen molar-refractivity contribution in [2.45, 2.75) is 6.92 Å². The lowest BCUT2D eigenvalue weighted by molar-refractivity contribution is 0.214. The monoisotopic (exact) mass is 514 g/mol. The van der Waals surface area contributed by atoms with Gasteiger partial charge < -0.3 is 24.8 Å². The van der Waals surface area contributed by atoms with E-state index in [1.807, 2.05) is 13.1 Å². The van der Waals surface area contributed by atoms with Gasteiger partial charge in [0.15, 0.2) is 24.1 Å². The van der Waals surface area contributed by atoms with Gasteiger partial charge in [-0.1, -0.05) is 11.8 Å². The van der Waals surface area contributed by atoms with Gasteiger partial charge in [0.05, 0.1) is 17.6 Å². The highest BCUT2D eigenvalue weighted by molar-refractivity contribution is 8.03. The maximum atomic E-state index is 14.9. The number of hydrogen-bond acceptors (Lipinski definition) is 8. The number of nitriles is 1. The van der Waals surface area contributed by atoms with Crippen molar-refractivity contribution in [3.8, 4) is 11.8 Å².